The number of pyridine rings is 1. The average molecular weight is 547 g/mol. The fourth-order valence-electron chi connectivity index (χ4n) is 2.47. The molecule has 0 saturated carbocycles. The number of ether oxygens (including phenoxy) is 3. The summed E-state index contributed by atoms with van der Waals surface area (Å²) in [4.78, 5) is 30.1. The van der Waals surface area contributed by atoms with E-state index in [4.69, 9.17) is 24.1 Å². The number of anilines is 4. The Hall–Kier alpha value is -3.72. The van der Waals surface area contributed by atoms with Crippen LogP contribution >= 0.6 is 23.1 Å². The van der Waals surface area contributed by atoms with E-state index in [1.165, 1.54) is 30.2 Å². The quantitative estimate of drug-likeness (QED) is 0.255. The van der Waals surface area contributed by atoms with E-state index < -0.39 is 18.1 Å². The van der Waals surface area contributed by atoms with Gasteiger partial charge in [0.1, 0.15) is 17.3 Å². The number of aliphatic carboxylic acids is 1. The predicted molar refractivity (Wildman–Crippen MR) is 129 cm³/mol. The van der Waals surface area contributed by atoms with Crippen LogP contribution in [-0.2, 0) is 9.53 Å². The van der Waals surface area contributed by atoms with Crippen LogP contribution in [0, 0.1) is 0 Å². The van der Waals surface area contributed by atoms with Gasteiger partial charge in [-0.05, 0) is 24.5 Å². The number of aromatic nitrogens is 2. The summed E-state index contributed by atoms with van der Waals surface area (Å²) in [5.41, 5.74) is 1.43. The summed E-state index contributed by atoms with van der Waals surface area (Å²) in [6, 6.07) is 9.03. The van der Waals surface area contributed by atoms with Crippen LogP contribution < -0.4 is 20.1 Å². The molecule has 1 aromatic carbocycles. The normalized spacial score (nSPS) is 10.5. The lowest BCUT2D eigenvalue weighted by Crippen LogP contribution is -2.21. The molecule has 0 aliphatic carbocycles. The SMILES string of the molecule is COC(=O)c1sc(SC)nc1Nc1ccnc(Nc2cc(OC)ccc2OC)c1.O=C(O)C(F)(F)F. The number of hydrogen-bond donors (Lipinski definition) is 3. The van der Waals surface area contributed by atoms with Crippen molar-refractivity contribution < 1.29 is 42.1 Å². The van der Waals surface area contributed by atoms with E-state index in [2.05, 4.69) is 20.6 Å². The zero-order chi connectivity index (χ0) is 26.9. The number of carbonyl (C=O) groups is 2. The Labute approximate surface area is 211 Å². The maximum atomic E-state index is 12.0. The molecule has 0 amide bonds. The molecule has 15 heteroatoms. The van der Waals surface area contributed by atoms with E-state index in [0.29, 0.717) is 39.4 Å². The van der Waals surface area contributed by atoms with E-state index in [1.54, 1.807) is 32.5 Å². The van der Waals surface area contributed by atoms with Crippen LogP contribution in [0.2, 0.25) is 0 Å². The molecular formula is C21H21F3N4O6S2. The second kappa shape index (κ2) is 12.8. The van der Waals surface area contributed by atoms with Gasteiger partial charge in [-0.15, -0.1) is 0 Å². The van der Waals surface area contributed by atoms with Crippen LogP contribution in [0.15, 0.2) is 40.9 Å². The number of carboxylic acids is 1. The lowest BCUT2D eigenvalue weighted by Gasteiger charge is -2.13. The molecule has 0 unspecified atom stereocenters. The second-order valence-electron chi connectivity index (χ2n) is 6.40. The number of carboxylic acid groups (broad SMARTS) is 1. The first-order valence-electron chi connectivity index (χ1n) is 9.67. The number of hydrogen-bond acceptors (Lipinski definition) is 11. The fourth-order valence-corrected chi connectivity index (χ4v) is 3.90. The lowest BCUT2D eigenvalue weighted by atomic mass is 10.2. The molecule has 0 spiro atoms. The number of thioether (sulfide) groups is 1. The molecule has 2 aromatic heterocycles. The molecule has 3 aromatic rings. The Balaban J connectivity index is 0.000000572. The summed E-state index contributed by atoms with van der Waals surface area (Å²) < 4.78 is 48.0. The number of thiazole rings is 1. The number of benzene rings is 1. The molecule has 0 aliphatic rings. The van der Waals surface area contributed by atoms with Crippen LogP contribution in [0.5, 0.6) is 11.5 Å². The van der Waals surface area contributed by atoms with Gasteiger partial charge in [0, 0.05) is 24.0 Å². The minimum Gasteiger partial charge on any atom is -0.497 e. The zero-order valence-electron chi connectivity index (χ0n) is 19.3. The summed E-state index contributed by atoms with van der Waals surface area (Å²) in [7, 11) is 4.54. The largest absolute Gasteiger partial charge is 0.497 e. The van der Waals surface area contributed by atoms with Crippen LogP contribution in [-0.4, -0.2) is 60.8 Å². The van der Waals surface area contributed by atoms with Gasteiger partial charge in [-0.25, -0.2) is 19.6 Å². The smallest absolute Gasteiger partial charge is 0.490 e. The van der Waals surface area contributed by atoms with Crippen molar-refractivity contribution in [3.63, 3.8) is 0 Å². The average Bonchev–Trinajstić information content (AvgIpc) is 3.26. The van der Waals surface area contributed by atoms with Gasteiger partial charge < -0.3 is 30.0 Å². The highest BCUT2D eigenvalue weighted by atomic mass is 32.2. The highest BCUT2D eigenvalue weighted by molar-refractivity contribution is 8.00. The van der Waals surface area contributed by atoms with E-state index in [0.717, 1.165) is 4.34 Å². The topological polar surface area (TPSA) is 132 Å². The molecule has 10 nitrogen and oxygen atoms in total. The van der Waals surface area contributed by atoms with Gasteiger partial charge in [0.2, 0.25) is 0 Å². The van der Waals surface area contributed by atoms with Gasteiger partial charge >= 0.3 is 18.1 Å². The van der Waals surface area contributed by atoms with Crippen LogP contribution in [0.25, 0.3) is 0 Å². The number of carbonyl (C=O) groups excluding carboxylic acids is 1. The first-order valence-corrected chi connectivity index (χ1v) is 11.7. The zero-order valence-corrected chi connectivity index (χ0v) is 20.9. The minimum atomic E-state index is -5.08. The van der Waals surface area contributed by atoms with Gasteiger partial charge in [0.25, 0.3) is 0 Å². The van der Waals surface area contributed by atoms with E-state index in [9.17, 15) is 18.0 Å². The Morgan fingerprint density at radius 1 is 1.08 bits per heavy atom. The van der Waals surface area contributed by atoms with Crippen molar-refractivity contribution in [2.45, 2.75) is 10.5 Å². The first-order chi connectivity index (χ1) is 17.0. The van der Waals surface area contributed by atoms with Crippen molar-refractivity contribution in [1.29, 1.82) is 0 Å². The Bertz CT molecular complexity index is 1210. The molecule has 3 N–H and O–H groups in total. The number of halogens is 3. The van der Waals surface area contributed by atoms with Gasteiger partial charge in [-0.3, -0.25) is 0 Å². The molecular weight excluding hydrogens is 525 g/mol. The Morgan fingerprint density at radius 3 is 2.33 bits per heavy atom. The molecule has 0 atom stereocenters. The fraction of sp³-hybridized carbons (Fsp3) is 0.238. The van der Waals surface area contributed by atoms with E-state index >= 15 is 0 Å². The van der Waals surface area contributed by atoms with Crippen LogP contribution in [0.1, 0.15) is 9.67 Å². The highest BCUT2D eigenvalue weighted by Crippen LogP contribution is 2.34. The molecule has 3 rings (SSSR count). The molecule has 0 fully saturated rings. The molecule has 0 radical (unpaired) electrons. The van der Waals surface area contributed by atoms with Gasteiger partial charge in [-0.1, -0.05) is 23.1 Å². The van der Waals surface area contributed by atoms with Gasteiger partial charge in [0.05, 0.1) is 27.0 Å². The third kappa shape index (κ3) is 7.91. The maximum Gasteiger partial charge on any atom is 0.490 e. The van der Waals surface area contributed by atoms with Gasteiger partial charge in [-0.2, -0.15) is 13.2 Å². The number of nitrogens with one attached hydrogen (secondary N) is 2. The monoisotopic (exact) mass is 546 g/mol. The van der Waals surface area contributed by atoms with Crippen molar-refractivity contribution >= 4 is 58.0 Å². The number of nitrogens with zero attached hydrogens (tertiary/aromatic N) is 2. The molecule has 0 saturated heterocycles. The molecule has 194 valence electrons. The van der Waals surface area contributed by atoms with Crippen molar-refractivity contribution in [2.24, 2.45) is 0 Å². The molecule has 0 aliphatic heterocycles. The lowest BCUT2D eigenvalue weighted by molar-refractivity contribution is -0.192. The minimum absolute atomic E-state index is 0.414. The van der Waals surface area contributed by atoms with Crippen molar-refractivity contribution in [1.82, 2.24) is 9.97 Å². The van der Waals surface area contributed by atoms with Crippen LogP contribution in [0.4, 0.5) is 36.2 Å². The number of esters is 1. The Morgan fingerprint density at radius 2 is 1.78 bits per heavy atom. The van der Waals surface area contributed by atoms with E-state index in [1.807, 2.05) is 24.5 Å². The van der Waals surface area contributed by atoms with Crippen molar-refractivity contribution in [3.8, 4) is 11.5 Å². The summed E-state index contributed by atoms with van der Waals surface area (Å²) in [6.07, 6.45) is -1.53. The number of alkyl halides is 3. The first kappa shape index (κ1) is 28.5. The van der Waals surface area contributed by atoms with Crippen molar-refractivity contribution in [2.75, 3.05) is 38.2 Å². The summed E-state index contributed by atoms with van der Waals surface area (Å²) in [5.74, 6) is -0.810. The molecule has 36 heavy (non-hydrogen) atoms. The maximum absolute atomic E-state index is 12.0. The third-order valence-corrected chi connectivity index (χ3v) is 6.11. The number of methoxy groups -OCH3 is 3. The summed E-state index contributed by atoms with van der Waals surface area (Å²) >= 11 is 2.74. The Kier molecular flexibility index (Phi) is 10.2. The number of rotatable bonds is 8. The second-order valence-corrected chi connectivity index (χ2v) is 8.45. The molecule has 2 heterocycles. The van der Waals surface area contributed by atoms with Crippen molar-refractivity contribution in [3.05, 3.63) is 41.4 Å². The standard InChI is InChI=1S/C19H20N4O4S2.C2HF3O2/c1-25-12-5-6-14(26-2)13(10-12)22-15-9-11(7-8-20-15)21-17-16(18(24)27-3)29-19(23-17)28-4;3-2(4,5)1(6)7/h5-10H,1-4H3,(H2,20,21,22);(H,6,7). The third-order valence-electron chi connectivity index (χ3n) is 4.09. The predicted octanol–water partition coefficient (Wildman–Crippen LogP) is 5.18. The van der Waals surface area contributed by atoms with Crippen LogP contribution in [0.3, 0.4) is 0 Å². The van der Waals surface area contributed by atoms with E-state index in [-0.39, 0.29) is 0 Å². The highest BCUT2D eigenvalue weighted by Gasteiger charge is 2.38. The molecule has 0 bridgehead atoms. The van der Waals surface area contributed by atoms with Gasteiger partial charge in [0.15, 0.2) is 15.0 Å². The summed E-state index contributed by atoms with van der Waals surface area (Å²) in [5, 5.41) is 13.5. The summed E-state index contributed by atoms with van der Waals surface area (Å²) in [6.45, 7) is 0.